The average molecular weight is 863 g/mol. The molecule has 12 aromatic carbocycles. The maximum Gasteiger partial charge on any atom is -0.00987 e. The van der Waals surface area contributed by atoms with E-state index >= 15 is 0 Å². The fourth-order valence-electron chi connectivity index (χ4n) is 10.4. The van der Waals surface area contributed by atoms with E-state index in [9.17, 15) is 0 Å². The lowest BCUT2D eigenvalue weighted by molar-refractivity contribution is 1.55. The van der Waals surface area contributed by atoms with Crippen molar-refractivity contribution in [3.63, 3.8) is 0 Å². The summed E-state index contributed by atoms with van der Waals surface area (Å²) >= 11 is 0. The van der Waals surface area contributed by atoms with Crippen LogP contribution in [0, 0.1) is 0 Å². The first-order valence-corrected chi connectivity index (χ1v) is 23.5. The first-order chi connectivity index (χ1) is 33.8. The molecular formula is C68H46. The van der Waals surface area contributed by atoms with Crippen molar-refractivity contribution in [2.45, 2.75) is 0 Å². The molecule has 0 heteroatoms. The Morgan fingerprint density at radius 2 is 0.368 bits per heavy atom. The number of hydrogen-bond acceptors (Lipinski definition) is 0. The molecule has 318 valence electrons. The van der Waals surface area contributed by atoms with Gasteiger partial charge in [-0.25, -0.2) is 0 Å². The predicted octanol–water partition coefficient (Wildman–Crippen LogP) is 18.5. The summed E-state index contributed by atoms with van der Waals surface area (Å²) in [4.78, 5) is 0. The van der Waals surface area contributed by atoms with E-state index in [4.69, 9.17) is 0 Å². The zero-order valence-corrected chi connectivity index (χ0v) is 37.6. The quantitative estimate of drug-likeness (QED) is 0.127. The van der Waals surface area contributed by atoms with Gasteiger partial charge < -0.3 is 0 Å². The van der Waals surface area contributed by atoms with Gasteiger partial charge in [0.2, 0.25) is 0 Å². The third kappa shape index (κ3) is 7.49. The zero-order valence-electron chi connectivity index (χ0n) is 37.6. The molecule has 0 unspecified atom stereocenters. The van der Waals surface area contributed by atoms with E-state index in [1.54, 1.807) is 0 Å². The van der Waals surface area contributed by atoms with Gasteiger partial charge in [0.25, 0.3) is 0 Å². The normalized spacial score (nSPS) is 11.2. The molecule has 0 heterocycles. The molecule has 0 aromatic heterocycles. The Bertz CT molecular complexity index is 3520. The molecule has 0 fully saturated rings. The molecule has 12 rings (SSSR count). The van der Waals surface area contributed by atoms with Crippen LogP contribution in [0.1, 0.15) is 33.4 Å². The van der Waals surface area contributed by atoms with Gasteiger partial charge in [0.15, 0.2) is 0 Å². The number of rotatable bonds is 9. The monoisotopic (exact) mass is 862 g/mol. The van der Waals surface area contributed by atoms with E-state index in [1.165, 1.54) is 121 Å². The lowest BCUT2D eigenvalue weighted by Gasteiger charge is -2.18. The number of hydrogen-bond donors (Lipinski definition) is 0. The van der Waals surface area contributed by atoms with Crippen molar-refractivity contribution in [3.05, 3.63) is 300 Å². The maximum atomic E-state index is 2.36. The lowest BCUT2D eigenvalue weighted by Crippen LogP contribution is -1.92. The highest BCUT2D eigenvalue weighted by Crippen LogP contribution is 2.44. The van der Waals surface area contributed by atoms with Crippen molar-refractivity contribution in [1.82, 2.24) is 0 Å². The van der Waals surface area contributed by atoms with Crippen LogP contribution in [-0.4, -0.2) is 0 Å². The molecule has 0 atom stereocenters. The summed E-state index contributed by atoms with van der Waals surface area (Å²) in [6, 6.07) is 97.1. The Hall–Kier alpha value is -8.84. The highest BCUT2D eigenvalue weighted by atomic mass is 14.2. The van der Waals surface area contributed by atoms with Crippen molar-refractivity contribution < 1.29 is 0 Å². The number of fused-ring (bicyclic) bond motifs is 4. The predicted molar refractivity (Wildman–Crippen MR) is 292 cm³/mol. The second-order valence-electron chi connectivity index (χ2n) is 17.5. The Labute approximate surface area is 398 Å². The van der Waals surface area contributed by atoms with E-state index < -0.39 is 0 Å². The molecule has 0 nitrogen and oxygen atoms in total. The summed E-state index contributed by atoms with van der Waals surface area (Å²) in [6.45, 7) is 0. The smallest absolute Gasteiger partial charge is 0.00987 e. The fraction of sp³-hybridized carbons (Fsp3) is 0. The third-order valence-electron chi connectivity index (χ3n) is 13.6. The summed E-state index contributed by atoms with van der Waals surface area (Å²) < 4.78 is 0. The summed E-state index contributed by atoms with van der Waals surface area (Å²) in [5, 5.41) is 9.88. The van der Waals surface area contributed by atoms with Gasteiger partial charge in [-0.2, -0.15) is 0 Å². The summed E-state index contributed by atoms with van der Waals surface area (Å²) in [5.74, 6) is 0. The molecule has 68 heavy (non-hydrogen) atoms. The molecule has 0 radical (unpaired) electrons. The van der Waals surface area contributed by atoms with Crippen LogP contribution in [0.5, 0.6) is 0 Å². The van der Waals surface area contributed by atoms with E-state index in [0.29, 0.717) is 0 Å². The maximum absolute atomic E-state index is 2.36. The fourth-order valence-corrected chi connectivity index (χ4v) is 10.4. The molecule has 0 bridgehead atoms. The van der Waals surface area contributed by atoms with Gasteiger partial charge in [-0.3, -0.25) is 0 Å². The minimum absolute atomic E-state index is 1.20. The zero-order chi connectivity index (χ0) is 45.2. The Morgan fingerprint density at radius 3 is 0.618 bits per heavy atom. The molecule has 12 aromatic rings. The van der Waals surface area contributed by atoms with Crippen LogP contribution in [0.4, 0.5) is 0 Å². The summed E-state index contributed by atoms with van der Waals surface area (Å²) in [7, 11) is 0. The van der Waals surface area contributed by atoms with E-state index in [1.807, 2.05) is 0 Å². The van der Waals surface area contributed by atoms with Crippen LogP contribution >= 0.6 is 0 Å². The van der Waals surface area contributed by atoms with Crippen LogP contribution < -0.4 is 0 Å². The third-order valence-corrected chi connectivity index (χ3v) is 13.6. The van der Waals surface area contributed by atoms with Crippen molar-refractivity contribution >= 4 is 66.4 Å². The molecule has 0 spiro atoms. The Balaban J connectivity index is 0.971. The van der Waals surface area contributed by atoms with Crippen LogP contribution in [0.3, 0.4) is 0 Å². The minimum Gasteiger partial charge on any atom is -0.0622 e. The van der Waals surface area contributed by atoms with Crippen molar-refractivity contribution in [1.29, 1.82) is 0 Å². The molecule has 0 saturated heterocycles. The van der Waals surface area contributed by atoms with Gasteiger partial charge >= 0.3 is 0 Å². The van der Waals surface area contributed by atoms with Crippen LogP contribution in [-0.2, 0) is 0 Å². The van der Waals surface area contributed by atoms with Crippen molar-refractivity contribution in [2.24, 2.45) is 0 Å². The Morgan fingerprint density at radius 1 is 0.176 bits per heavy atom. The molecule has 0 aliphatic heterocycles. The Kier molecular flexibility index (Phi) is 10.7. The summed E-state index contributed by atoms with van der Waals surface area (Å²) in [5.41, 5.74) is 17.0. The van der Waals surface area contributed by atoms with E-state index in [0.717, 1.165) is 0 Å². The second-order valence-corrected chi connectivity index (χ2v) is 17.5. The first kappa shape index (κ1) is 40.7. The summed E-state index contributed by atoms with van der Waals surface area (Å²) in [6.07, 6.45) is 4.71. The minimum atomic E-state index is 1.20. The topological polar surface area (TPSA) is 0 Å². The van der Waals surface area contributed by atoms with Crippen molar-refractivity contribution in [2.75, 3.05) is 0 Å². The highest BCUT2D eigenvalue weighted by Gasteiger charge is 2.18. The van der Waals surface area contributed by atoms with E-state index in [-0.39, 0.29) is 0 Å². The van der Waals surface area contributed by atoms with Gasteiger partial charge in [-0.1, -0.05) is 267 Å². The first-order valence-electron chi connectivity index (χ1n) is 23.5. The van der Waals surface area contributed by atoms with Crippen molar-refractivity contribution in [3.8, 4) is 33.4 Å². The molecule has 0 saturated carbocycles. The van der Waals surface area contributed by atoms with E-state index in [2.05, 4.69) is 279 Å². The van der Waals surface area contributed by atoms with Gasteiger partial charge in [-0.15, -0.1) is 0 Å². The van der Waals surface area contributed by atoms with Gasteiger partial charge in [-0.05, 0) is 133 Å². The lowest BCUT2D eigenvalue weighted by atomic mass is 9.85. The SMILES string of the molecule is C(=C(c1ccccc1)c1ccccc1)c1ccc(-c2ccc(-c3ccc(-c4ccc(C=C(c5ccccc5)c5ccccc5)c5ccccc45)c4ccccc34)c3ccccc23)c2ccccc12. The molecular weight excluding hydrogens is 817 g/mol. The van der Waals surface area contributed by atoms with Gasteiger partial charge in [0.05, 0.1) is 0 Å². The second kappa shape index (κ2) is 17.9. The standard InChI is InChI=1S/C68H46/c1-5-21-47(22-6-1)67(48-23-7-2-8-24-48)45-51-37-39-61(55-31-15-13-29-53(51)55)63-41-43-65(59-35-19-17-33-57(59)63)66-44-42-64(58-34-18-20-36-60(58)66)62-40-38-52(54-30-14-16-32-56(54)62)46-68(49-25-9-3-10-26-49)50-27-11-4-12-28-50/h1-46H. The highest BCUT2D eigenvalue weighted by molar-refractivity contribution is 6.16. The van der Waals surface area contributed by atoms with Crippen LogP contribution in [0.15, 0.2) is 267 Å². The molecule has 0 aliphatic carbocycles. The van der Waals surface area contributed by atoms with Crippen LogP contribution in [0.2, 0.25) is 0 Å². The van der Waals surface area contributed by atoms with Crippen LogP contribution in [0.25, 0.3) is 99.8 Å². The largest absolute Gasteiger partial charge is 0.0622 e. The van der Waals surface area contributed by atoms with Gasteiger partial charge in [0, 0.05) is 0 Å². The molecule has 0 N–H and O–H groups in total. The molecule has 0 amide bonds. The van der Waals surface area contributed by atoms with Gasteiger partial charge in [0.1, 0.15) is 0 Å². The average Bonchev–Trinajstić information content (AvgIpc) is 3.42. The number of benzene rings is 12. The molecule has 0 aliphatic rings.